The molecule has 2 aliphatic rings. The number of piperazine rings is 1. The predicted molar refractivity (Wildman–Crippen MR) is 196 cm³/mol. The number of piperidine rings is 1. The van der Waals surface area contributed by atoms with Crippen LogP contribution in [0.2, 0.25) is 0 Å². The van der Waals surface area contributed by atoms with Crippen molar-refractivity contribution in [3.8, 4) is 11.1 Å². The Labute approximate surface area is 294 Å². The van der Waals surface area contributed by atoms with Gasteiger partial charge in [0.1, 0.15) is 12.6 Å². The van der Waals surface area contributed by atoms with Crippen LogP contribution in [0.25, 0.3) is 11.1 Å². The number of nitrogens with one attached hydrogen (secondary N) is 1. The zero-order chi connectivity index (χ0) is 33.8. The van der Waals surface area contributed by atoms with E-state index in [0.29, 0.717) is 13.1 Å². The van der Waals surface area contributed by atoms with Gasteiger partial charge in [-0.25, -0.2) is 4.79 Å². The summed E-state index contributed by atoms with van der Waals surface area (Å²) in [6, 6.07) is 32.1. The number of likely N-dealkylation sites (tertiary alicyclic amines) is 1. The van der Waals surface area contributed by atoms with Crippen molar-refractivity contribution in [2.75, 3.05) is 52.1 Å². The molecule has 1 N–H and O–H groups in total. The smallest absolute Gasteiger partial charge is 0.408 e. The van der Waals surface area contributed by atoms with E-state index < -0.39 is 12.1 Å². The molecule has 1 atom stereocenters. The lowest BCUT2D eigenvalue weighted by Gasteiger charge is -2.40. The van der Waals surface area contributed by atoms with Gasteiger partial charge in [0.05, 0.1) is 0 Å². The molecule has 3 aromatic carbocycles. The SMILES string of the molecule is CSc1ccccc1CN1CCN(C(=O)[C@H](NC(=O)OCc2ccccc2)C2CCN(CCc3ncccc3-c3ccccc3)CC2)CC1. The number of amides is 2. The second-order valence-corrected chi connectivity index (χ2v) is 13.7. The highest BCUT2D eigenvalue weighted by Crippen LogP contribution is 2.26. The lowest BCUT2D eigenvalue weighted by atomic mass is 9.88. The van der Waals surface area contributed by atoms with Crippen molar-refractivity contribution < 1.29 is 14.3 Å². The van der Waals surface area contributed by atoms with Gasteiger partial charge in [0.15, 0.2) is 0 Å². The average Bonchev–Trinajstić information content (AvgIpc) is 3.17. The highest BCUT2D eigenvalue weighted by atomic mass is 32.2. The molecular formula is C40H47N5O3S. The van der Waals surface area contributed by atoms with Crippen LogP contribution >= 0.6 is 11.8 Å². The summed E-state index contributed by atoms with van der Waals surface area (Å²) in [5.41, 5.74) is 5.69. The van der Waals surface area contributed by atoms with Crippen LogP contribution in [0.1, 0.15) is 29.7 Å². The number of carbonyl (C=O) groups excluding carboxylic acids is 2. The van der Waals surface area contributed by atoms with Gasteiger partial charge < -0.3 is 19.9 Å². The highest BCUT2D eigenvalue weighted by molar-refractivity contribution is 7.98. The quantitative estimate of drug-likeness (QED) is 0.175. The molecule has 2 amide bonds. The van der Waals surface area contributed by atoms with Crippen molar-refractivity contribution >= 4 is 23.8 Å². The summed E-state index contributed by atoms with van der Waals surface area (Å²) in [6.07, 6.45) is 5.95. The molecule has 8 nitrogen and oxygen atoms in total. The van der Waals surface area contributed by atoms with Crippen LogP contribution in [-0.2, 0) is 29.1 Å². The third-order valence-corrected chi connectivity index (χ3v) is 10.6. The number of pyridine rings is 1. The van der Waals surface area contributed by atoms with Gasteiger partial charge >= 0.3 is 6.09 Å². The van der Waals surface area contributed by atoms with Gasteiger partial charge in [-0.2, -0.15) is 0 Å². The van der Waals surface area contributed by atoms with Crippen molar-refractivity contribution in [2.45, 2.75) is 43.4 Å². The maximum atomic E-state index is 14.1. The molecule has 0 unspecified atom stereocenters. The summed E-state index contributed by atoms with van der Waals surface area (Å²) >= 11 is 1.77. The number of alkyl carbamates (subject to hydrolysis) is 1. The molecule has 0 saturated carbocycles. The van der Waals surface area contributed by atoms with Crippen molar-refractivity contribution in [2.24, 2.45) is 5.92 Å². The van der Waals surface area contributed by atoms with Crippen LogP contribution in [0.4, 0.5) is 4.79 Å². The molecule has 6 rings (SSSR count). The molecule has 9 heteroatoms. The van der Waals surface area contributed by atoms with Gasteiger partial charge in [-0.3, -0.25) is 14.7 Å². The third kappa shape index (κ3) is 9.50. The first kappa shape index (κ1) is 34.7. The molecular weight excluding hydrogens is 631 g/mol. The van der Waals surface area contributed by atoms with Crippen LogP contribution in [0, 0.1) is 5.92 Å². The molecule has 0 radical (unpaired) electrons. The number of thioether (sulfide) groups is 1. The van der Waals surface area contributed by atoms with E-state index >= 15 is 0 Å². The standard InChI is InChI=1S/C40H47N5O3S/c1-49-37-17-9-8-15-34(37)29-44-25-27-45(28-26-44)39(46)38(42-40(47)48-30-31-11-4-2-5-12-31)33-18-22-43(23-19-33)24-20-36-35(16-10-21-41-36)32-13-6-3-7-14-32/h2-17,21,33,38H,18-20,22-30H2,1H3,(H,42,47)/t38-/m1/s1. The normalized spacial score (nSPS) is 16.6. The fourth-order valence-corrected chi connectivity index (χ4v) is 7.57. The maximum Gasteiger partial charge on any atom is 0.408 e. The van der Waals surface area contributed by atoms with E-state index in [-0.39, 0.29) is 18.4 Å². The Bertz CT molecular complexity index is 1640. The Morgan fingerprint density at radius 2 is 1.53 bits per heavy atom. The molecule has 0 bridgehead atoms. The predicted octanol–water partition coefficient (Wildman–Crippen LogP) is 6.36. The van der Waals surface area contributed by atoms with E-state index in [4.69, 9.17) is 9.72 Å². The largest absolute Gasteiger partial charge is 0.445 e. The molecule has 2 saturated heterocycles. The van der Waals surface area contributed by atoms with Crippen LogP contribution in [-0.4, -0.2) is 89.8 Å². The number of aromatic nitrogens is 1. The summed E-state index contributed by atoms with van der Waals surface area (Å²) in [5.74, 6) is 0.0366. The molecule has 0 spiro atoms. The summed E-state index contributed by atoms with van der Waals surface area (Å²) in [4.78, 5) is 40.1. The lowest BCUT2D eigenvalue weighted by molar-refractivity contribution is -0.137. The van der Waals surface area contributed by atoms with Gasteiger partial charge in [-0.05, 0) is 66.9 Å². The van der Waals surface area contributed by atoms with E-state index in [1.807, 2.05) is 53.6 Å². The number of ether oxygens (including phenoxy) is 1. The Hall–Kier alpha value is -4.18. The molecule has 2 fully saturated rings. The summed E-state index contributed by atoms with van der Waals surface area (Å²) in [7, 11) is 0. The van der Waals surface area contributed by atoms with Crippen molar-refractivity contribution in [1.29, 1.82) is 0 Å². The number of benzene rings is 3. The second kappa shape index (κ2) is 17.5. The monoisotopic (exact) mass is 677 g/mol. The minimum atomic E-state index is -0.616. The fraction of sp³-hybridized carbons (Fsp3) is 0.375. The van der Waals surface area contributed by atoms with Gasteiger partial charge in [-0.1, -0.05) is 84.9 Å². The topological polar surface area (TPSA) is 78.0 Å². The van der Waals surface area contributed by atoms with E-state index in [2.05, 4.69) is 76.0 Å². The Balaban J connectivity index is 1.06. The molecule has 0 aliphatic carbocycles. The van der Waals surface area contributed by atoms with Gasteiger partial charge in [-0.15, -0.1) is 11.8 Å². The zero-order valence-corrected chi connectivity index (χ0v) is 29.2. The minimum Gasteiger partial charge on any atom is -0.445 e. The van der Waals surface area contributed by atoms with Crippen molar-refractivity contribution in [3.05, 3.63) is 120 Å². The van der Waals surface area contributed by atoms with Gasteiger partial charge in [0, 0.05) is 68.0 Å². The lowest BCUT2D eigenvalue weighted by Crippen LogP contribution is -2.58. The Morgan fingerprint density at radius 3 is 2.27 bits per heavy atom. The molecule has 1 aromatic heterocycles. The summed E-state index contributed by atoms with van der Waals surface area (Å²) in [5, 5.41) is 3.02. The van der Waals surface area contributed by atoms with Crippen LogP contribution in [0.5, 0.6) is 0 Å². The minimum absolute atomic E-state index is 0.000244. The van der Waals surface area contributed by atoms with Gasteiger partial charge in [0.25, 0.3) is 0 Å². The van der Waals surface area contributed by atoms with Crippen molar-refractivity contribution in [3.63, 3.8) is 0 Å². The zero-order valence-electron chi connectivity index (χ0n) is 28.4. The van der Waals surface area contributed by atoms with E-state index in [1.165, 1.54) is 21.6 Å². The first-order valence-corrected chi connectivity index (χ1v) is 18.6. The molecule has 4 aromatic rings. The Kier molecular flexibility index (Phi) is 12.4. The first-order valence-electron chi connectivity index (χ1n) is 17.4. The summed E-state index contributed by atoms with van der Waals surface area (Å²) in [6.45, 7) is 6.56. The number of hydrogen-bond donors (Lipinski definition) is 1. The van der Waals surface area contributed by atoms with Crippen LogP contribution in [0.15, 0.2) is 108 Å². The number of hydrogen-bond acceptors (Lipinski definition) is 7. The second-order valence-electron chi connectivity index (χ2n) is 12.9. The van der Waals surface area contributed by atoms with E-state index in [9.17, 15) is 9.59 Å². The summed E-state index contributed by atoms with van der Waals surface area (Å²) < 4.78 is 5.60. The molecule has 49 heavy (non-hydrogen) atoms. The first-order chi connectivity index (χ1) is 24.1. The van der Waals surface area contributed by atoms with E-state index in [0.717, 1.165) is 69.8 Å². The fourth-order valence-electron chi connectivity index (χ4n) is 6.96. The molecule has 3 heterocycles. The molecule has 256 valence electrons. The third-order valence-electron chi connectivity index (χ3n) is 9.77. The van der Waals surface area contributed by atoms with Crippen LogP contribution in [0.3, 0.4) is 0 Å². The number of carbonyl (C=O) groups is 2. The average molecular weight is 678 g/mol. The molecule has 2 aliphatic heterocycles. The maximum absolute atomic E-state index is 14.1. The highest BCUT2D eigenvalue weighted by Gasteiger charge is 2.36. The van der Waals surface area contributed by atoms with Crippen molar-refractivity contribution in [1.82, 2.24) is 25.0 Å². The number of nitrogens with zero attached hydrogens (tertiary/aromatic N) is 4. The Morgan fingerprint density at radius 1 is 0.837 bits per heavy atom. The van der Waals surface area contributed by atoms with Gasteiger partial charge in [0.2, 0.25) is 5.91 Å². The number of rotatable bonds is 12. The van der Waals surface area contributed by atoms with E-state index in [1.54, 1.807) is 11.8 Å². The van der Waals surface area contributed by atoms with Crippen LogP contribution < -0.4 is 5.32 Å².